The van der Waals surface area contributed by atoms with Crippen LogP contribution >= 0.6 is 11.8 Å². The van der Waals surface area contributed by atoms with E-state index in [1.165, 1.54) is 0 Å². The molecule has 0 amide bonds. The molecule has 0 bridgehead atoms. The first kappa shape index (κ1) is 11.1. The van der Waals surface area contributed by atoms with Crippen LogP contribution in [0.15, 0.2) is 4.79 Å². The molecule has 1 saturated heterocycles. The van der Waals surface area contributed by atoms with Crippen molar-refractivity contribution in [2.24, 2.45) is 0 Å². The van der Waals surface area contributed by atoms with Gasteiger partial charge in [0.2, 0.25) is 0 Å². The van der Waals surface area contributed by atoms with Gasteiger partial charge in [-0.2, -0.15) is 11.8 Å². The van der Waals surface area contributed by atoms with Crippen molar-refractivity contribution in [2.75, 3.05) is 30.0 Å². The van der Waals surface area contributed by atoms with Gasteiger partial charge in [0.1, 0.15) is 17.7 Å². The topological polar surface area (TPSA) is 67.0 Å². The van der Waals surface area contributed by atoms with Gasteiger partial charge in [-0.25, -0.2) is 4.98 Å². The summed E-state index contributed by atoms with van der Waals surface area (Å²) in [6.07, 6.45) is 1.73. The van der Waals surface area contributed by atoms with E-state index in [-0.39, 0.29) is 11.7 Å². The Balaban J connectivity index is 1.95. The fourth-order valence-corrected chi connectivity index (χ4v) is 3.01. The van der Waals surface area contributed by atoms with Crippen molar-refractivity contribution in [1.82, 2.24) is 9.97 Å². The molecule has 1 aromatic rings. The number of fused-ring (bicyclic) bond motifs is 1. The van der Waals surface area contributed by atoms with E-state index in [2.05, 4.69) is 15.3 Å². The zero-order chi connectivity index (χ0) is 11.7. The maximum absolute atomic E-state index is 11.9. The van der Waals surface area contributed by atoms with E-state index >= 15 is 0 Å². The molecule has 1 fully saturated rings. The number of thioether (sulfide) groups is 1. The molecule has 5 nitrogen and oxygen atoms in total. The van der Waals surface area contributed by atoms with Crippen LogP contribution in [0.3, 0.4) is 0 Å². The van der Waals surface area contributed by atoms with Gasteiger partial charge in [0, 0.05) is 18.1 Å². The lowest BCUT2D eigenvalue weighted by Gasteiger charge is -2.23. The summed E-state index contributed by atoms with van der Waals surface area (Å²) in [6, 6.07) is 0. The molecule has 0 aromatic carbocycles. The Labute approximate surface area is 103 Å². The third kappa shape index (κ3) is 2.19. The summed E-state index contributed by atoms with van der Waals surface area (Å²) in [6.45, 7) is 1.62. The summed E-state index contributed by atoms with van der Waals surface area (Å²) in [4.78, 5) is 19.3. The van der Waals surface area contributed by atoms with Crippen molar-refractivity contribution in [1.29, 1.82) is 0 Å². The van der Waals surface area contributed by atoms with Gasteiger partial charge >= 0.3 is 0 Å². The molecular weight excluding hydrogens is 238 g/mol. The molecule has 17 heavy (non-hydrogen) atoms. The molecule has 2 N–H and O–H groups in total. The molecule has 2 aliphatic heterocycles. The highest BCUT2D eigenvalue weighted by Crippen LogP contribution is 2.25. The third-order valence-electron chi connectivity index (χ3n) is 3.05. The molecule has 1 atom stereocenters. The van der Waals surface area contributed by atoms with Gasteiger partial charge in [-0.3, -0.25) is 4.79 Å². The van der Waals surface area contributed by atoms with Crippen LogP contribution in [0.1, 0.15) is 23.9 Å². The van der Waals surface area contributed by atoms with Gasteiger partial charge in [-0.1, -0.05) is 0 Å². The van der Waals surface area contributed by atoms with Crippen LogP contribution in [0.4, 0.5) is 5.82 Å². The molecular formula is C11H15N3O2S. The van der Waals surface area contributed by atoms with Crippen LogP contribution in [0, 0.1) is 0 Å². The molecule has 6 heteroatoms. The number of hydrogen-bond acceptors (Lipinski definition) is 5. The van der Waals surface area contributed by atoms with Crippen molar-refractivity contribution in [3.63, 3.8) is 0 Å². The van der Waals surface area contributed by atoms with Gasteiger partial charge in [-0.05, 0) is 12.8 Å². The van der Waals surface area contributed by atoms with Crippen LogP contribution in [-0.4, -0.2) is 34.6 Å². The predicted molar refractivity (Wildman–Crippen MR) is 67.7 cm³/mol. The lowest BCUT2D eigenvalue weighted by molar-refractivity contribution is 0.0693. The average molecular weight is 253 g/mol. The van der Waals surface area contributed by atoms with Crippen LogP contribution in [0.5, 0.6) is 0 Å². The van der Waals surface area contributed by atoms with E-state index < -0.39 is 0 Å². The standard InChI is InChI=1S/C11H15N3O2S/c15-11-7-2-1-3-12-9(7)13-10(14-11)8-6-17-5-4-16-8/h8H,1-6H2,(H2,12,13,14,15). The molecule has 0 saturated carbocycles. The Morgan fingerprint density at radius 1 is 1.47 bits per heavy atom. The fraction of sp³-hybridized carbons (Fsp3) is 0.636. The summed E-state index contributed by atoms with van der Waals surface area (Å²) in [5, 5.41) is 3.19. The Kier molecular flexibility index (Phi) is 3.07. The van der Waals surface area contributed by atoms with Crippen LogP contribution in [-0.2, 0) is 11.2 Å². The lowest BCUT2D eigenvalue weighted by Crippen LogP contribution is -2.28. The molecule has 0 spiro atoms. The molecule has 0 aliphatic carbocycles. The summed E-state index contributed by atoms with van der Waals surface area (Å²) in [7, 11) is 0. The number of rotatable bonds is 1. The number of hydrogen-bond donors (Lipinski definition) is 2. The highest BCUT2D eigenvalue weighted by atomic mass is 32.2. The molecule has 0 radical (unpaired) electrons. The Morgan fingerprint density at radius 3 is 3.24 bits per heavy atom. The zero-order valence-electron chi connectivity index (χ0n) is 9.49. The van der Waals surface area contributed by atoms with Crippen molar-refractivity contribution in [3.8, 4) is 0 Å². The Bertz CT molecular complexity index is 468. The van der Waals surface area contributed by atoms with E-state index in [1.807, 2.05) is 11.8 Å². The Morgan fingerprint density at radius 2 is 2.41 bits per heavy atom. The summed E-state index contributed by atoms with van der Waals surface area (Å²) < 4.78 is 5.63. The van der Waals surface area contributed by atoms with E-state index in [9.17, 15) is 4.79 Å². The molecule has 1 unspecified atom stereocenters. The number of anilines is 1. The summed E-state index contributed by atoms with van der Waals surface area (Å²) in [5.41, 5.74) is 0.764. The van der Waals surface area contributed by atoms with E-state index in [0.29, 0.717) is 5.82 Å². The minimum absolute atomic E-state index is 0.0172. The number of aromatic amines is 1. The minimum Gasteiger partial charge on any atom is -0.370 e. The lowest BCUT2D eigenvalue weighted by atomic mass is 10.1. The van der Waals surface area contributed by atoms with E-state index in [0.717, 1.165) is 48.9 Å². The molecule has 92 valence electrons. The van der Waals surface area contributed by atoms with Crippen molar-refractivity contribution in [3.05, 3.63) is 21.7 Å². The quantitative estimate of drug-likeness (QED) is 0.779. The normalized spacial score (nSPS) is 23.9. The first-order valence-corrected chi connectivity index (χ1v) is 7.06. The number of aromatic nitrogens is 2. The second-order valence-corrected chi connectivity index (χ2v) is 5.39. The van der Waals surface area contributed by atoms with Gasteiger partial charge in [0.25, 0.3) is 5.56 Å². The highest BCUT2D eigenvalue weighted by Gasteiger charge is 2.22. The molecule has 3 rings (SSSR count). The average Bonchev–Trinajstić information content (AvgIpc) is 2.40. The van der Waals surface area contributed by atoms with Crippen LogP contribution in [0.25, 0.3) is 0 Å². The molecule has 2 aliphatic rings. The smallest absolute Gasteiger partial charge is 0.256 e. The van der Waals surface area contributed by atoms with Gasteiger partial charge < -0.3 is 15.0 Å². The number of nitrogens with zero attached hydrogens (tertiary/aromatic N) is 1. The summed E-state index contributed by atoms with van der Waals surface area (Å²) in [5.74, 6) is 3.29. The summed E-state index contributed by atoms with van der Waals surface area (Å²) >= 11 is 1.83. The number of ether oxygens (including phenoxy) is 1. The van der Waals surface area contributed by atoms with Crippen molar-refractivity contribution >= 4 is 17.6 Å². The first-order chi connectivity index (χ1) is 8.34. The number of H-pyrrole nitrogens is 1. The van der Waals surface area contributed by atoms with Crippen molar-refractivity contribution < 1.29 is 4.74 Å². The number of nitrogens with one attached hydrogen (secondary N) is 2. The van der Waals surface area contributed by atoms with Gasteiger partial charge in [0.05, 0.1) is 12.2 Å². The largest absolute Gasteiger partial charge is 0.370 e. The fourth-order valence-electron chi connectivity index (χ4n) is 2.16. The zero-order valence-corrected chi connectivity index (χ0v) is 10.3. The molecule has 1 aromatic heterocycles. The minimum atomic E-state index is -0.0736. The third-order valence-corrected chi connectivity index (χ3v) is 4.04. The predicted octanol–water partition coefficient (Wildman–Crippen LogP) is 0.932. The maximum Gasteiger partial charge on any atom is 0.256 e. The van der Waals surface area contributed by atoms with Crippen LogP contribution in [0.2, 0.25) is 0 Å². The van der Waals surface area contributed by atoms with Gasteiger partial charge in [0.15, 0.2) is 0 Å². The first-order valence-electron chi connectivity index (χ1n) is 5.91. The Hall–Kier alpha value is -1.01. The van der Waals surface area contributed by atoms with Crippen molar-refractivity contribution in [2.45, 2.75) is 18.9 Å². The second-order valence-electron chi connectivity index (χ2n) is 4.24. The molecule has 3 heterocycles. The maximum atomic E-state index is 11.9. The van der Waals surface area contributed by atoms with Crippen LogP contribution < -0.4 is 10.9 Å². The van der Waals surface area contributed by atoms with E-state index in [4.69, 9.17) is 4.74 Å². The van der Waals surface area contributed by atoms with E-state index in [1.54, 1.807) is 0 Å². The van der Waals surface area contributed by atoms with Gasteiger partial charge in [-0.15, -0.1) is 0 Å². The SMILES string of the molecule is O=c1[nH]c(C2CSCCO2)nc2c1CCCN2. The monoisotopic (exact) mass is 253 g/mol. The highest BCUT2D eigenvalue weighted by molar-refractivity contribution is 7.99. The second kappa shape index (κ2) is 4.70.